The Morgan fingerprint density at radius 1 is 1.41 bits per heavy atom. The molecule has 3 nitrogen and oxygen atoms in total. The first-order valence-corrected chi connectivity index (χ1v) is 5.63. The number of carbonyl (C=O) groups excluding carboxylic acids is 2. The van der Waals surface area contributed by atoms with Gasteiger partial charge in [-0.15, -0.1) is 0 Å². The highest BCUT2D eigenvalue weighted by atomic mass is 19.1. The van der Waals surface area contributed by atoms with Gasteiger partial charge in [-0.3, -0.25) is 9.59 Å². The third-order valence-electron chi connectivity index (χ3n) is 3.05. The Hall–Kier alpha value is -1.71. The number of ketones is 1. The van der Waals surface area contributed by atoms with Gasteiger partial charge in [0.1, 0.15) is 5.82 Å². The second kappa shape index (κ2) is 4.28. The van der Waals surface area contributed by atoms with Crippen molar-refractivity contribution in [2.45, 2.75) is 33.1 Å². The molecule has 0 saturated heterocycles. The molecule has 1 amide bonds. The molecule has 0 fully saturated rings. The molecular weight excluding hydrogens is 221 g/mol. The van der Waals surface area contributed by atoms with Gasteiger partial charge in [0, 0.05) is 24.6 Å². The van der Waals surface area contributed by atoms with Crippen LogP contribution < -0.4 is 5.32 Å². The highest BCUT2D eigenvalue weighted by molar-refractivity contribution is 6.02. The highest BCUT2D eigenvalue weighted by Gasteiger charge is 2.24. The fourth-order valence-corrected chi connectivity index (χ4v) is 2.29. The van der Waals surface area contributed by atoms with Gasteiger partial charge in [-0.1, -0.05) is 0 Å². The average Bonchev–Trinajstić information content (AvgIpc) is 2.24. The van der Waals surface area contributed by atoms with Crippen molar-refractivity contribution in [3.05, 3.63) is 28.6 Å². The molecule has 0 unspecified atom stereocenters. The van der Waals surface area contributed by atoms with E-state index in [4.69, 9.17) is 0 Å². The molecule has 0 radical (unpaired) electrons. The van der Waals surface area contributed by atoms with Crippen molar-refractivity contribution in [3.8, 4) is 0 Å². The zero-order valence-corrected chi connectivity index (χ0v) is 9.89. The van der Waals surface area contributed by atoms with Crippen LogP contribution in [0.25, 0.3) is 0 Å². The normalized spacial score (nSPS) is 14.4. The summed E-state index contributed by atoms with van der Waals surface area (Å²) < 4.78 is 13.7. The van der Waals surface area contributed by atoms with E-state index in [1.165, 1.54) is 13.0 Å². The van der Waals surface area contributed by atoms with Gasteiger partial charge < -0.3 is 5.32 Å². The first-order chi connectivity index (χ1) is 8.00. The van der Waals surface area contributed by atoms with E-state index in [0.717, 1.165) is 12.0 Å². The van der Waals surface area contributed by atoms with Gasteiger partial charge >= 0.3 is 0 Å². The van der Waals surface area contributed by atoms with Crippen molar-refractivity contribution in [1.82, 2.24) is 0 Å². The third kappa shape index (κ3) is 2.07. The van der Waals surface area contributed by atoms with Gasteiger partial charge in [-0.2, -0.15) is 0 Å². The molecule has 1 aliphatic carbocycles. The smallest absolute Gasteiger partial charge is 0.221 e. The summed E-state index contributed by atoms with van der Waals surface area (Å²) >= 11 is 0. The van der Waals surface area contributed by atoms with Crippen LogP contribution in [0, 0.1) is 12.7 Å². The lowest BCUT2D eigenvalue weighted by Gasteiger charge is -2.21. The van der Waals surface area contributed by atoms with Gasteiger partial charge in [0.25, 0.3) is 0 Å². The summed E-state index contributed by atoms with van der Waals surface area (Å²) in [6.45, 7) is 2.98. The predicted octanol–water partition coefficient (Wildman–Crippen LogP) is 2.61. The van der Waals surface area contributed by atoms with Crippen LogP contribution >= 0.6 is 0 Å². The first-order valence-electron chi connectivity index (χ1n) is 5.63. The molecule has 90 valence electrons. The van der Waals surface area contributed by atoms with Crippen LogP contribution in [0.4, 0.5) is 10.1 Å². The number of hydrogen-bond donors (Lipinski definition) is 1. The maximum Gasteiger partial charge on any atom is 0.221 e. The number of halogens is 1. The van der Waals surface area contributed by atoms with Gasteiger partial charge in [-0.25, -0.2) is 4.39 Å². The number of benzene rings is 1. The monoisotopic (exact) mass is 235 g/mol. The number of carbonyl (C=O) groups is 2. The summed E-state index contributed by atoms with van der Waals surface area (Å²) in [5.41, 5.74) is 2.05. The van der Waals surface area contributed by atoms with Crippen LogP contribution in [0.15, 0.2) is 6.07 Å². The number of Topliss-reactive ketones (excluding diaryl/α,β-unsaturated/α-hetero) is 1. The quantitative estimate of drug-likeness (QED) is 0.813. The maximum absolute atomic E-state index is 13.7. The molecule has 1 aromatic carbocycles. The van der Waals surface area contributed by atoms with Crippen molar-refractivity contribution in [1.29, 1.82) is 0 Å². The SMILES string of the molecule is CC(=O)Nc1cc(F)c(C)c2c1CCCC2=O. The summed E-state index contributed by atoms with van der Waals surface area (Å²) in [6.07, 6.45) is 1.91. The minimum atomic E-state index is -0.442. The molecule has 17 heavy (non-hydrogen) atoms. The van der Waals surface area contributed by atoms with Gasteiger partial charge in [0.05, 0.1) is 0 Å². The Morgan fingerprint density at radius 2 is 2.12 bits per heavy atom. The second-order valence-corrected chi connectivity index (χ2v) is 4.34. The van der Waals surface area contributed by atoms with Gasteiger partial charge in [0.2, 0.25) is 5.91 Å². The molecule has 0 aromatic heterocycles. The highest BCUT2D eigenvalue weighted by Crippen LogP contribution is 2.32. The molecular formula is C13H14FNO2. The van der Waals surface area contributed by atoms with E-state index in [2.05, 4.69) is 5.32 Å². The summed E-state index contributed by atoms with van der Waals surface area (Å²) in [5, 5.41) is 2.59. The van der Waals surface area contributed by atoms with Crippen LogP contribution in [0.3, 0.4) is 0 Å². The summed E-state index contributed by atoms with van der Waals surface area (Å²) in [7, 11) is 0. The Bertz CT molecular complexity index is 509. The Balaban J connectivity index is 2.62. The van der Waals surface area contributed by atoms with Crippen LogP contribution in [-0.4, -0.2) is 11.7 Å². The standard InChI is InChI=1S/C13H14FNO2/c1-7-10(14)6-11(15-8(2)16)9-4-3-5-12(17)13(7)9/h6H,3-5H2,1-2H3,(H,15,16). The van der Waals surface area contributed by atoms with E-state index in [9.17, 15) is 14.0 Å². The lowest BCUT2D eigenvalue weighted by Crippen LogP contribution is -2.18. The Kier molecular flexibility index (Phi) is 2.96. The minimum absolute atomic E-state index is 0.0325. The average molecular weight is 235 g/mol. The third-order valence-corrected chi connectivity index (χ3v) is 3.05. The fraction of sp³-hybridized carbons (Fsp3) is 0.385. The summed E-state index contributed by atoms with van der Waals surface area (Å²) in [6, 6.07) is 1.30. The van der Waals surface area contributed by atoms with Gasteiger partial charge in [-0.05, 0) is 37.0 Å². The molecule has 1 aliphatic rings. The zero-order valence-electron chi connectivity index (χ0n) is 9.89. The number of nitrogens with one attached hydrogen (secondary N) is 1. The molecule has 1 N–H and O–H groups in total. The predicted molar refractivity (Wildman–Crippen MR) is 62.7 cm³/mol. The van der Waals surface area contributed by atoms with E-state index in [1.54, 1.807) is 6.92 Å². The topological polar surface area (TPSA) is 46.2 Å². The van der Waals surface area contributed by atoms with Crippen LogP contribution in [0.1, 0.15) is 41.3 Å². The van der Waals surface area contributed by atoms with Gasteiger partial charge in [0.15, 0.2) is 5.78 Å². The lowest BCUT2D eigenvalue weighted by molar-refractivity contribution is -0.114. The van der Waals surface area contributed by atoms with Crippen molar-refractivity contribution in [3.63, 3.8) is 0 Å². The number of amides is 1. The van der Waals surface area contributed by atoms with E-state index >= 15 is 0 Å². The molecule has 1 aromatic rings. The number of fused-ring (bicyclic) bond motifs is 1. The molecule has 0 heterocycles. The molecule has 0 aliphatic heterocycles. The van der Waals surface area contributed by atoms with Crippen molar-refractivity contribution in [2.24, 2.45) is 0 Å². The number of anilines is 1. The fourth-order valence-electron chi connectivity index (χ4n) is 2.29. The second-order valence-electron chi connectivity index (χ2n) is 4.34. The molecule has 4 heteroatoms. The summed E-state index contributed by atoms with van der Waals surface area (Å²) in [4.78, 5) is 22.9. The molecule has 0 spiro atoms. The van der Waals surface area contributed by atoms with Crippen LogP contribution in [0.2, 0.25) is 0 Å². The maximum atomic E-state index is 13.7. The molecule has 0 atom stereocenters. The lowest BCUT2D eigenvalue weighted by atomic mass is 9.86. The van der Waals surface area contributed by atoms with E-state index in [0.29, 0.717) is 29.7 Å². The van der Waals surface area contributed by atoms with E-state index in [-0.39, 0.29) is 11.7 Å². The zero-order chi connectivity index (χ0) is 12.6. The Morgan fingerprint density at radius 3 is 2.76 bits per heavy atom. The largest absolute Gasteiger partial charge is 0.326 e. The van der Waals surface area contributed by atoms with Crippen LogP contribution in [0.5, 0.6) is 0 Å². The number of hydrogen-bond acceptors (Lipinski definition) is 2. The Labute approximate surface area is 99.0 Å². The molecule has 0 saturated carbocycles. The summed E-state index contributed by atoms with van der Waals surface area (Å²) in [5.74, 6) is -0.730. The number of rotatable bonds is 1. The van der Waals surface area contributed by atoms with Crippen LogP contribution in [-0.2, 0) is 11.2 Å². The first kappa shape index (κ1) is 11.8. The molecule has 0 bridgehead atoms. The van der Waals surface area contributed by atoms with Crippen molar-refractivity contribution >= 4 is 17.4 Å². The van der Waals surface area contributed by atoms with E-state index < -0.39 is 5.82 Å². The minimum Gasteiger partial charge on any atom is -0.326 e. The van der Waals surface area contributed by atoms with Crippen molar-refractivity contribution in [2.75, 3.05) is 5.32 Å². The van der Waals surface area contributed by atoms with Crippen molar-refractivity contribution < 1.29 is 14.0 Å². The molecule has 2 rings (SSSR count). The van der Waals surface area contributed by atoms with E-state index in [1.807, 2.05) is 0 Å².